The third-order valence-electron chi connectivity index (χ3n) is 6.49. The van der Waals surface area contributed by atoms with Crippen molar-refractivity contribution in [2.45, 2.75) is 51.1 Å². The molecule has 0 saturated carbocycles. The number of benzene rings is 2. The Kier molecular flexibility index (Phi) is 8.00. The Balaban J connectivity index is 2.26. The van der Waals surface area contributed by atoms with Gasteiger partial charge in [-0.2, -0.15) is 0 Å². The van der Waals surface area contributed by atoms with Crippen LogP contribution in [0.25, 0.3) is 0 Å². The molecule has 0 bridgehead atoms. The number of carboxylic acids is 1. The number of likely N-dealkylation sites (tertiary alicyclic amines) is 1. The van der Waals surface area contributed by atoms with E-state index in [9.17, 15) is 23.1 Å². The van der Waals surface area contributed by atoms with Crippen LogP contribution in [0.3, 0.4) is 0 Å². The van der Waals surface area contributed by atoms with E-state index in [0.717, 1.165) is 17.4 Å². The molecule has 1 amide bonds. The molecule has 184 valence electrons. The van der Waals surface area contributed by atoms with Crippen LogP contribution in [-0.2, 0) is 19.4 Å². The van der Waals surface area contributed by atoms with Crippen LogP contribution < -0.4 is 0 Å². The first-order valence-electron chi connectivity index (χ1n) is 11.1. The lowest BCUT2D eigenvalue weighted by molar-refractivity contribution is -0.160. The summed E-state index contributed by atoms with van der Waals surface area (Å²) in [7, 11) is -3.42. The number of piperidine rings is 1. The first-order valence-corrected chi connectivity index (χ1v) is 13.9. The quantitative estimate of drug-likeness (QED) is 0.501. The van der Waals surface area contributed by atoms with Crippen molar-refractivity contribution < 1.29 is 23.1 Å². The van der Waals surface area contributed by atoms with Crippen molar-refractivity contribution in [3.05, 3.63) is 69.7 Å². The first-order chi connectivity index (χ1) is 15.8. The number of rotatable bonds is 8. The minimum Gasteiger partial charge on any atom is -0.481 e. The second-order valence-electron chi connectivity index (χ2n) is 9.36. The van der Waals surface area contributed by atoms with E-state index in [1.54, 1.807) is 30.0 Å². The standard InChI is InChI=1S/C25H29Cl2NO5S/c1-4-20(15-34(3,32)33)28-23(16-8-10-18(26)11-9-16)21(17-6-5-7-19(27)12-17)13-25(2,24(28)31)14-22(29)30/h5-12,20-21,23H,4,13-15H2,1-3H3,(H,29,30). The maximum Gasteiger partial charge on any atom is 0.304 e. The number of carboxylic acid groups (broad SMARTS) is 1. The summed E-state index contributed by atoms with van der Waals surface area (Å²) in [6.45, 7) is 3.48. The highest BCUT2D eigenvalue weighted by Gasteiger charge is 2.52. The molecular formula is C25H29Cl2NO5S. The zero-order valence-electron chi connectivity index (χ0n) is 19.4. The Morgan fingerprint density at radius 3 is 2.32 bits per heavy atom. The van der Waals surface area contributed by atoms with Gasteiger partial charge in [-0.15, -0.1) is 0 Å². The second-order valence-corrected chi connectivity index (χ2v) is 12.4. The number of halogens is 2. The average molecular weight is 526 g/mol. The van der Waals surface area contributed by atoms with Gasteiger partial charge in [0.25, 0.3) is 0 Å². The molecule has 0 spiro atoms. The van der Waals surface area contributed by atoms with E-state index >= 15 is 0 Å². The molecule has 1 saturated heterocycles. The molecule has 9 heteroatoms. The normalized spacial score (nSPS) is 24.1. The molecule has 0 aliphatic carbocycles. The SMILES string of the molecule is CCC(CS(C)(=O)=O)N1C(=O)C(C)(CC(=O)O)CC(c2cccc(Cl)c2)C1c1ccc(Cl)cc1. The molecule has 4 unspecified atom stereocenters. The molecule has 1 N–H and O–H groups in total. The Labute approximate surface area is 210 Å². The van der Waals surface area contributed by atoms with Gasteiger partial charge >= 0.3 is 5.97 Å². The Morgan fingerprint density at radius 2 is 1.79 bits per heavy atom. The fraction of sp³-hybridized carbons (Fsp3) is 0.440. The fourth-order valence-corrected chi connectivity index (χ4v) is 6.45. The van der Waals surface area contributed by atoms with E-state index in [-0.39, 0.29) is 30.4 Å². The third kappa shape index (κ3) is 5.93. The first kappa shape index (κ1) is 26.5. The van der Waals surface area contributed by atoms with E-state index < -0.39 is 33.3 Å². The van der Waals surface area contributed by atoms with Gasteiger partial charge < -0.3 is 10.0 Å². The highest BCUT2D eigenvalue weighted by molar-refractivity contribution is 7.90. The van der Waals surface area contributed by atoms with Crippen molar-refractivity contribution in [2.24, 2.45) is 5.41 Å². The van der Waals surface area contributed by atoms with Gasteiger partial charge in [0, 0.05) is 28.3 Å². The van der Waals surface area contributed by atoms with Crippen molar-refractivity contribution in [3.8, 4) is 0 Å². The second kappa shape index (κ2) is 10.3. The number of hydrogen-bond acceptors (Lipinski definition) is 4. The summed E-state index contributed by atoms with van der Waals surface area (Å²) in [6, 6.07) is 13.3. The third-order valence-corrected chi connectivity index (χ3v) is 7.97. The molecule has 1 heterocycles. The Morgan fingerprint density at radius 1 is 1.15 bits per heavy atom. The zero-order chi connectivity index (χ0) is 25.3. The summed E-state index contributed by atoms with van der Waals surface area (Å²) in [4.78, 5) is 27.4. The predicted molar refractivity (Wildman–Crippen MR) is 134 cm³/mol. The van der Waals surface area contributed by atoms with Crippen LogP contribution in [0.2, 0.25) is 10.0 Å². The van der Waals surface area contributed by atoms with Gasteiger partial charge in [0.05, 0.1) is 23.6 Å². The molecule has 0 aromatic heterocycles. The molecule has 1 aliphatic heterocycles. The van der Waals surface area contributed by atoms with E-state index in [1.807, 2.05) is 37.3 Å². The number of amides is 1. The number of nitrogens with zero attached hydrogens (tertiary/aromatic N) is 1. The van der Waals surface area contributed by atoms with E-state index in [0.29, 0.717) is 16.5 Å². The van der Waals surface area contributed by atoms with Crippen molar-refractivity contribution in [2.75, 3.05) is 12.0 Å². The highest BCUT2D eigenvalue weighted by atomic mass is 35.5. The number of aliphatic carboxylic acids is 1. The van der Waals surface area contributed by atoms with Crippen LogP contribution in [0.5, 0.6) is 0 Å². The summed E-state index contributed by atoms with van der Waals surface area (Å²) in [5.74, 6) is -1.97. The van der Waals surface area contributed by atoms with Gasteiger partial charge in [-0.3, -0.25) is 9.59 Å². The van der Waals surface area contributed by atoms with Crippen LogP contribution >= 0.6 is 23.2 Å². The smallest absolute Gasteiger partial charge is 0.304 e. The summed E-state index contributed by atoms with van der Waals surface area (Å²) < 4.78 is 24.6. The zero-order valence-corrected chi connectivity index (χ0v) is 21.7. The molecular weight excluding hydrogens is 497 g/mol. The van der Waals surface area contributed by atoms with Gasteiger partial charge in [0.15, 0.2) is 0 Å². The lowest BCUT2D eigenvalue weighted by Gasteiger charge is -2.51. The van der Waals surface area contributed by atoms with Crippen LogP contribution in [-0.4, -0.2) is 48.4 Å². The van der Waals surface area contributed by atoms with E-state index in [2.05, 4.69) is 0 Å². The maximum atomic E-state index is 14.0. The van der Waals surface area contributed by atoms with Gasteiger partial charge in [0.2, 0.25) is 5.91 Å². The predicted octanol–water partition coefficient (Wildman–Crippen LogP) is 5.35. The Bertz CT molecular complexity index is 1170. The van der Waals surface area contributed by atoms with Crippen molar-refractivity contribution in [1.29, 1.82) is 0 Å². The number of hydrogen-bond donors (Lipinski definition) is 1. The van der Waals surface area contributed by atoms with Crippen molar-refractivity contribution >= 4 is 44.9 Å². The molecule has 6 nitrogen and oxygen atoms in total. The van der Waals surface area contributed by atoms with Crippen LogP contribution in [0, 0.1) is 5.41 Å². The minimum absolute atomic E-state index is 0.218. The van der Waals surface area contributed by atoms with Gasteiger partial charge in [-0.25, -0.2) is 8.42 Å². The van der Waals surface area contributed by atoms with Crippen molar-refractivity contribution in [3.63, 3.8) is 0 Å². The summed E-state index contributed by atoms with van der Waals surface area (Å²) >= 11 is 12.4. The van der Waals surface area contributed by atoms with Crippen LogP contribution in [0.15, 0.2) is 48.5 Å². The molecule has 4 atom stereocenters. The largest absolute Gasteiger partial charge is 0.481 e. The summed E-state index contributed by atoms with van der Waals surface area (Å²) in [5.41, 5.74) is 0.440. The molecule has 34 heavy (non-hydrogen) atoms. The molecule has 2 aromatic rings. The van der Waals surface area contributed by atoms with E-state index in [4.69, 9.17) is 23.2 Å². The summed E-state index contributed by atoms with van der Waals surface area (Å²) in [6.07, 6.45) is 1.46. The van der Waals surface area contributed by atoms with Crippen molar-refractivity contribution in [1.82, 2.24) is 4.90 Å². The Hall–Kier alpha value is -2.09. The monoisotopic (exact) mass is 525 g/mol. The minimum atomic E-state index is -3.42. The fourth-order valence-electron chi connectivity index (χ4n) is 5.03. The van der Waals surface area contributed by atoms with Gasteiger partial charge in [0.1, 0.15) is 9.84 Å². The molecule has 0 radical (unpaired) electrons. The molecule has 2 aromatic carbocycles. The number of carbonyl (C=O) groups excluding carboxylic acids is 1. The van der Waals surface area contributed by atoms with Crippen LogP contribution in [0.4, 0.5) is 0 Å². The molecule has 1 fully saturated rings. The van der Waals surface area contributed by atoms with Gasteiger partial charge in [-0.05, 0) is 48.2 Å². The van der Waals surface area contributed by atoms with Gasteiger partial charge in [-0.1, -0.05) is 61.3 Å². The number of sulfone groups is 1. The number of carbonyl (C=O) groups is 2. The summed E-state index contributed by atoms with van der Waals surface area (Å²) in [5, 5.41) is 10.7. The lowest BCUT2D eigenvalue weighted by atomic mass is 9.67. The topological polar surface area (TPSA) is 91.8 Å². The molecule has 3 rings (SSSR count). The average Bonchev–Trinajstić information content (AvgIpc) is 2.73. The molecule has 1 aliphatic rings. The highest BCUT2D eigenvalue weighted by Crippen LogP contribution is 2.52. The maximum absolute atomic E-state index is 14.0. The lowest BCUT2D eigenvalue weighted by Crippen LogP contribution is -2.57. The van der Waals surface area contributed by atoms with E-state index in [1.165, 1.54) is 0 Å². The van der Waals surface area contributed by atoms with Crippen LogP contribution in [0.1, 0.15) is 56.2 Å².